The summed E-state index contributed by atoms with van der Waals surface area (Å²) in [6.07, 6.45) is 1.96. The number of phenolic OH excluding ortho intramolecular Hbond substituents is 1. The normalized spacial score (nSPS) is 18.9. The van der Waals surface area contributed by atoms with Gasteiger partial charge in [0.15, 0.2) is 0 Å². The van der Waals surface area contributed by atoms with E-state index in [4.69, 9.17) is 5.11 Å². The quantitative estimate of drug-likeness (QED) is 0.779. The molecule has 0 aliphatic heterocycles. The van der Waals surface area contributed by atoms with Crippen LogP contribution in [-0.4, -0.2) is 16.2 Å². The third kappa shape index (κ3) is 1.69. The lowest BCUT2D eigenvalue weighted by molar-refractivity contribution is -0.137. The van der Waals surface area contributed by atoms with Crippen LogP contribution in [0.1, 0.15) is 35.4 Å². The van der Waals surface area contributed by atoms with Crippen molar-refractivity contribution >= 4 is 5.97 Å². The van der Waals surface area contributed by atoms with Crippen LogP contribution in [0.25, 0.3) is 0 Å². The highest BCUT2D eigenvalue weighted by molar-refractivity contribution is 5.68. The van der Waals surface area contributed by atoms with Gasteiger partial charge >= 0.3 is 5.97 Å². The van der Waals surface area contributed by atoms with Crippen molar-refractivity contribution in [3.8, 4) is 5.75 Å². The number of fused-ring (bicyclic) bond motifs is 1. The van der Waals surface area contributed by atoms with Crippen LogP contribution >= 0.6 is 0 Å². The van der Waals surface area contributed by atoms with Crippen molar-refractivity contribution in [2.24, 2.45) is 0 Å². The molecule has 1 aromatic carbocycles. The molecule has 0 aromatic heterocycles. The standard InChI is InChI=1S/C12H14O3/c1-7-9-3-2-8(6-12(14)15)10(9)4-5-11(7)13/h4-5,8,13H,2-3,6H2,1H3,(H,14,15). The Morgan fingerprint density at radius 3 is 2.93 bits per heavy atom. The summed E-state index contributed by atoms with van der Waals surface area (Å²) >= 11 is 0. The molecule has 0 spiro atoms. The molecule has 3 nitrogen and oxygen atoms in total. The Kier molecular flexibility index (Phi) is 2.39. The Bertz CT molecular complexity index is 410. The molecule has 2 N–H and O–H groups in total. The van der Waals surface area contributed by atoms with Crippen LogP contribution < -0.4 is 0 Å². The number of carboxylic acid groups (broad SMARTS) is 1. The molecule has 15 heavy (non-hydrogen) atoms. The van der Waals surface area contributed by atoms with E-state index in [0.717, 1.165) is 29.5 Å². The van der Waals surface area contributed by atoms with E-state index in [9.17, 15) is 9.90 Å². The molecule has 1 unspecified atom stereocenters. The second-order valence-corrected chi connectivity index (χ2v) is 4.11. The number of aliphatic carboxylic acids is 1. The van der Waals surface area contributed by atoms with Gasteiger partial charge in [0.1, 0.15) is 5.75 Å². The Balaban J connectivity index is 2.36. The number of rotatable bonds is 2. The van der Waals surface area contributed by atoms with Gasteiger partial charge in [0, 0.05) is 0 Å². The number of aromatic hydroxyl groups is 1. The number of phenols is 1. The van der Waals surface area contributed by atoms with Crippen LogP contribution in [0.15, 0.2) is 12.1 Å². The largest absolute Gasteiger partial charge is 0.508 e. The molecule has 3 heteroatoms. The first-order valence-electron chi connectivity index (χ1n) is 5.12. The minimum Gasteiger partial charge on any atom is -0.508 e. The minimum absolute atomic E-state index is 0.122. The van der Waals surface area contributed by atoms with Crippen molar-refractivity contribution in [3.05, 3.63) is 28.8 Å². The molecule has 80 valence electrons. The second kappa shape index (κ2) is 3.57. The van der Waals surface area contributed by atoms with Crippen molar-refractivity contribution < 1.29 is 15.0 Å². The number of hydrogen-bond donors (Lipinski definition) is 2. The first kappa shape index (κ1) is 10.0. The Morgan fingerprint density at radius 2 is 2.27 bits per heavy atom. The van der Waals surface area contributed by atoms with Gasteiger partial charge in [-0.05, 0) is 48.4 Å². The molecule has 1 aliphatic rings. The SMILES string of the molecule is Cc1c(O)ccc2c1CCC2CC(=O)O. The van der Waals surface area contributed by atoms with Crippen LogP contribution in [0.5, 0.6) is 5.75 Å². The van der Waals surface area contributed by atoms with Crippen molar-refractivity contribution in [2.75, 3.05) is 0 Å². The summed E-state index contributed by atoms with van der Waals surface area (Å²) in [6, 6.07) is 3.52. The summed E-state index contributed by atoms with van der Waals surface area (Å²) in [6.45, 7) is 1.89. The average Bonchev–Trinajstić information content (AvgIpc) is 2.55. The Hall–Kier alpha value is -1.51. The molecule has 0 amide bonds. The van der Waals surface area contributed by atoms with Crippen molar-refractivity contribution in [1.82, 2.24) is 0 Å². The monoisotopic (exact) mass is 206 g/mol. The first-order chi connectivity index (χ1) is 7.09. The molecule has 0 heterocycles. The Morgan fingerprint density at radius 1 is 1.53 bits per heavy atom. The zero-order valence-electron chi connectivity index (χ0n) is 8.66. The van der Waals surface area contributed by atoms with Gasteiger partial charge in [0.05, 0.1) is 6.42 Å². The van der Waals surface area contributed by atoms with E-state index in [1.165, 1.54) is 0 Å². The van der Waals surface area contributed by atoms with E-state index in [1.807, 2.05) is 13.0 Å². The molecular formula is C12H14O3. The highest BCUT2D eigenvalue weighted by Crippen LogP contribution is 2.39. The molecule has 1 atom stereocenters. The molecule has 2 rings (SSSR count). The fourth-order valence-electron chi connectivity index (χ4n) is 2.38. The maximum Gasteiger partial charge on any atom is 0.303 e. The number of benzene rings is 1. The first-order valence-corrected chi connectivity index (χ1v) is 5.12. The zero-order valence-corrected chi connectivity index (χ0v) is 8.66. The number of carboxylic acids is 1. The van der Waals surface area contributed by atoms with Gasteiger partial charge in [0.25, 0.3) is 0 Å². The molecule has 1 aliphatic carbocycles. The van der Waals surface area contributed by atoms with Crippen LogP contribution in [0.3, 0.4) is 0 Å². The predicted molar refractivity (Wildman–Crippen MR) is 56.2 cm³/mol. The maximum atomic E-state index is 10.7. The molecule has 0 saturated carbocycles. The lowest BCUT2D eigenvalue weighted by Gasteiger charge is -2.10. The third-order valence-electron chi connectivity index (χ3n) is 3.21. The van der Waals surface area contributed by atoms with Crippen molar-refractivity contribution in [3.63, 3.8) is 0 Å². The van der Waals surface area contributed by atoms with E-state index in [1.54, 1.807) is 6.07 Å². The van der Waals surface area contributed by atoms with Gasteiger partial charge < -0.3 is 10.2 Å². The molecule has 0 radical (unpaired) electrons. The van der Waals surface area contributed by atoms with Gasteiger partial charge in [-0.1, -0.05) is 6.07 Å². The highest BCUT2D eigenvalue weighted by Gasteiger charge is 2.26. The number of carbonyl (C=O) groups is 1. The average molecular weight is 206 g/mol. The molecular weight excluding hydrogens is 192 g/mol. The fraction of sp³-hybridized carbons (Fsp3) is 0.417. The molecule has 0 saturated heterocycles. The lowest BCUT2D eigenvalue weighted by atomic mass is 9.96. The summed E-state index contributed by atoms with van der Waals surface area (Å²) < 4.78 is 0. The zero-order chi connectivity index (χ0) is 11.0. The fourth-order valence-corrected chi connectivity index (χ4v) is 2.38. The van der Waals surface area contributed by atoms with Gasteiger partial charge in [-0.15, -0.1) is 0 Å². The van der Waals surface area contributed by atoms with Crippen molar-refractivity contribution in [1.29, 1.82) is 0 Å². The van der Waals surface area contributed by atoms with E-state index in [-0.39, 0.29) is 12.3 Å². The van der Waals surface area contributed by atoms with Gasteiger partial charge in [0.2, 0.25) is 0 Å². The third-order valence-corrected chi connectivity index (χ3v) is 3.21. The van der Waals surface area contributed by atoms with Crippen molar-refractivity contribution in [2.45, 2.75) is 32.1 Å². The Labute approximate surface area is 88.4 Å². The summed E-state index contributed by atoms with van der Waals surface area (Å²) in [4.78, 5) is 10.7. The van der Waals surface area contributed by atoms with Gasteiger partial charge in [-0.2, -0.15) is 0 Å². The summed E-state index contributed by atoms with van der Waals surface area (Å²) in [7, 11) is 0. The second-order valence-electron chi connectivity index (χ2n) is 4.11. The lowest BCUT2D eigenvalue weighted by Crippen LogP contribution is -2.03. The summed E-state index contributed by atoms with van der Waals surface area (Å²) in [5.74, 6) is -0.319. The molecule has 0 bridgehead atoms. The summed E-state index contributed by atoms with van der Waals surface area (Å²) in [5, 5.41) is 18.3. The number of hydrogen-bond acceptors (Lipinski definition) is 2. The predicted octanol–water partition coefficient (Wildman–Crippen LogP) is 2.21. The van der Waals surface area contributed by atoms with Crippen LogP contribution in [0.2, 0.25) is 0 Å². The van der Waals surface area contributed by atoms with E-state index in [0.29, 0.717) is 5.75 Å². The van der Waals surface area contributed by atoms with Crippen LogP contribution in [-0.2, 0) is 11.2 Å². The van der Waals surface area contributed by atoms with Gasteiger partial charge in [-0.25, -0.2) is 0 Å². The topological polar surface area (TPSA) is 57.5 Å². The summed E-state index contributed by atoms with van der Waals surface area (Å²) in [5.41, 5.74) is 3.15. The smallest absolute Gasteiger partial charge is 0.303 e. The minimum atomic E-state index is -0.751. The maximum absolute atomic E-state index is 10.7. The van der Waals surface area contributed by atoms with E-state index < -0.39 is 5.97 Å². The van der Waals surface area contributed by atoms with E-state index >= 15 is 0 Å². The van der Waals surface area contributed by atoms with Crippen LogP contribution in [0, 0.1) is 6.92 Å². The van der Waals surface area contributed by atoms with E-state index in [2.05, 4.69) is 0 Å². The molecule has 0 fully saturated rings. The molecule has 1 aromatic rings. The highest BCUT2D eigenvalue weighted by atomic mass is 16.4. The van der Waals surface area contributed by atoms with Gasteiger partial charge in [-0.3, -0.25) is 4.79 Å². The van der Waals surface area contributed by atoms with Crippen LogP contribution in [0.4, 0.5) is 0 Å².